The van der Waals surface area contributed by atoms with Gasteiger partial charge in [0, 0.05) is 47.7 Å². The van der Waals surface area contributed by atoms with E-state index in [-0.39, 0.29) is 31.2 Å². The first kappa shape index (κ1) is 23.9. The highest BCUT2D eigenvalue weighted by Gasteiger charge is 2.21. The van der Waals surface area contributed by atoms with E-state index in [1.165, 1.54) is 17.3 Å². The number of rotatable bonds is 10. The van der Waals surface area contributed by atoms with Gasteiger partial charge in [-0.3, -0.25) is 19.7 Å². The van der Waals surface area contributed by atoms with Crippen molar-refractivity contribution in [1.82, 2.24) is 14.9 Å². The third-order valence-electron chi connectivity index (χ3n) is 4.49. The molecule has 30 heavy (non-hydrogen) atoms. The molecule has 0 aliphatic heterocycles. The SMILES string of the molecule is Cc1ncc(CO)c(CN(CC(=O)O)Cc2c(COP(O)O)cnc(C)c2O)c1O. The molecule has 0 atom stereocenters. The fraction of sp³-hybridized carbons (Fsp3) is 0.389. The summed E-state index contributed by atoms with van der Waals surface area (Å²) in [5.74, 6) is -1.46. The van der Waals surface area contributed by atoms with Crippen LogP contribution in [0.2, 0.25) is 0 Å². The van der Waals surface area contributed by atoms with Crippen molar-refractivity contribution < 1.29 is 39.5 Å². The van der Waals surface area contributed by atoms with Gasteiger partial charge in [0.15, 0.2) is 0 Å². The van der Waals surface area contributed by atoms with Crippen molar-refractivity contribution >= 4 is 14.6 Å². The maximum atomic E-state index is 11.4. The fourth-order valence-corrected chi connectivity index (χ4v) is 3.17. The van der Waals surface area contributed by atoms with Crippen LogP contribution in [0.3, 0.4) is 0 Å². The molecule has 2 aromatic rings. The van der Waals surface area contributed by atoms with E-state index >= 15 is 0 Å². The number of aromatic nitrogens is 2. The first-order valence-electron chi connectivity index (χ1n) is 8.82. The van der Waals surface area contributed by atoms with Gasteiger partial charge in [0.1, 0.15) is 11.5 Å². The summed E-state index contributed by atoms with van der Waals surface area (Å²) >= 11 is 0. The van der Waals surface area contributed by atoms with Gasteiger partial charge in [-0.1, -0.05) is 0 Å². The second-order valence-corrected chi connectivity index (χ2v) is 7.38. The molecule has 6 N–H and O–H groups in total. The van der Waals surface area contributed by atoms with Crippen LogP contribution in [0, 0.1) is 13.8 Å². The number of aliphatic hydroxyl groups is 1. The Morgan fingerprint density at radius 2 is 1.53 bits per heavy atom. The van der Waals surface area contributed by atoms with Crippen LogP contribution in [0.5, 0.6) is 11.5 Å². The Labute approximate surface area is 173 Å². The fourth-order valence-electron chi connectivity index (χ4n) is 2.92. The maximum Gasteiger partial charge on any atom is 0.327 e. The summed E-state index contributed by atoms with van der Waals surface area (Å²) < 4.78 is 4.82. The lowest BCUT2D eigenvalue weighted by molar-refractivity contribution is -0.138. The maximum absolute atomic E-state index is 11.4. The quantitative estimate of drug-likeness (QED) is 0.288. The Morgan fingerprint density at radius 3 is 2.00 bits per heavy atom. The minimum atomic E-state index is -2.63. The monoisotopic (exact) mass is 441 g/mol. The molecule has 0 aliphatic rings. The summed E-state index contributed by atoms with van der Waals surface area (Å²) in [5, 5.41) is 39.8. The molecular formula is C18H24N3O8P. The minimum Gasteiger partial charge on any atom is -0.506 e. The zero-order chi connectivity index (χ0) is 22.4. The highest BCUT2D eigenvalue weighted by molar-refractivity contribution is 7.39. The first-order chi connectivity index (χ1) is 14.1. The Kier molecular flexibility index (Phi) is 8.42. The van der Waals surface area contributed by atoms with Crippen LogP contribution in [0.25, 0.3) is 0 Å². The smallest absolute Gasteiger partial charge is 0.327 e. The molecule has 0 fully saturated rings. The summed E-state index contributed by atoms with van der Waals surface area (Å²) in [5.41, 5.74) is 1.95. The average molecular weight is 441 g/mol. The van der Waals surface area contributed by atoms with Crippen molar-refractivity contribution in [2.24, 2.45) is 0 Å². The first-order valence-corrected chi connectivity index (χ1v) is 9.98. The van der Waals surface area contributed by atoms with Gasteiger partial charge in [-0.05, 0) is 13.8 Å². The third-order valence-corrected chi connectivity index (χ3v) is 4.85. The summed E-state index contributed by atoms with van der Waals surface area (Å²) in [6.45, 7) is 1.95. The van der Waals surface area contributed by atoms with Gasteiger partial charge in [0.2, 0.25) is 0 Å². The molecule has 11 nitrogen and oxygen atoms in total. The minimum absolute atomic E-state index is 0.0504. The van der Waals surface area contributed by atoms with Gasteiger partial charge >= 0.3 is 14.6 Å². The number of carbonyl (C=O) groups is 1. The number of carboxylic acid groups (broad SMARTS) is 1. The Balaban J connectivity index is 2.42. The Bertz CT molecular complexity index is 909. The molecule has 2 heterocycles. The van der Waals surface area contributed by atoms with E-state index in [0.29, 0.717) is 33.6 Å². The largest absolute Gasteiger partial charge is 0.506 e. The normalized spacial score (nSPS) is 11.4. The number of carboxylic acids is 1. The molecule has 0 aromatic carbocycles. The molecule has 164 valence electrons. The molecule has 0 bridgehead atoms. The van der Waals surface area contributed by atoms with Crippen LogP contribution in [0.4, 0.5) is 0 Å². The van der Waals surface area contributed by atoms with Crippen LogP contribution < -0.4 is 0 Å². The third kappa shape index (κ3) is 6.05. The zero-order valence-corrected chi connectivity index (χ0v) is 17.4. The molecule has 0 saturated heterocycles. The second kappa shape index (κ2) is 10.6. The van der Waals surface area contributed by atoms with Crippen molar-refractivity contribution in [3.8, 4) is 11.5 Å². The molecule has 0 saturated carbocycles. The lowest BCUT2D eigenvalue weighted by atomic mass is 10.0. The highest BCUT2D eigenvalue weighted by Crippen LogP contribution is 2.32. The number of hydrogen-bond acceptors (Lipinski definition) is 10. The number of aliphatic hydroxyl groups excluding tert-OH is 1. The van der Waals surface area contributed by atoms with Crippen LogP contribution >= 0.6 is 8.60 Å². The highest BCUT2D eigenvalue weighted by atomic mass is 31.2. The van der Waals surface area contributed by atoms with Gasteiger partial charge < -0.3 is 34.7 Å². The topological polar surface area (TPSA) is 177 Å². The van der Waals surface area contributed by atoms with E-state index in [9.17, 15) is 25.2 Å². The van der Waals surface area contributed by atoms with E-state index in [0.717, 1.165) is 0 Å². The molecule has 2 aromatic heterocycles. The molecule has 12 heteroatoms. The van der Waals surface area contributed by atoms with E-state index < -0.39 is 27.7 Å². The van der Waals surface area contributed by atoms with Crippen LogP contribution in [-0.4, -0.2) is 57.6 Å². The van der Waals surface area contributed by atoms with Gasteiger partial charge in [-0.25, -0.2) is 0 Å². The van der Waals surface area contributed by atoms with Crippen LogP contribution in [0.15, 0.2) is 12.4 Å². The number of pyridine rings is 2. The molecule has 0 unspecified atom stereocenters. The van der Waals surface area contributed by atoms with Crippen molar-refractivity contribution in [1.29, 1.82) is 0 Å². The van der Waals surface area contributed by atoms with Crippen LogP contribution in [-0.2, 0) is 35.6 Å². The van der Waals surface area contributed by atoms with E-state index in [2.05, 4.69) is 9.97 Å². The van der Waals surface area contributed by atoms with Gasteiger partial charge in [0.25, 0.3) is 0 Å². The predicted octanol–water partition coefficient (Wildman–Crippen LogP) is 0.812. The predicted molar refractivity (Wildman–Crippen MR) is 105 cm³/mol. The Hall–Kier alpha value is -2.40. The lowest BCUT2D eigenvalue weighted by Crippen LogP contribution is -2.30. The van der Waals surface area contributed by atoms with Crippen molar-refractivity contribution in [3.05, 3.63) is 46.0 Å². The van der Waals surface area contributed by atoms with Gasteiger partial charge in [-0.15, -0.1) is 0 Å². The molecule has 0 spiro atoms. The summed E-state index contributed by atoms with van der Waals surface area (Å²) in [6.07, 6.45) is 2.80. The molecule has 0 amide bonds. The second-order valence-electron chi connectivity index (χ2n) is 6.62. The molecule has 2 rings (SSSR count). The van der Waals surface area contributed by atoms with Crippen LogP contribution in [0.1, 0.15) is 33.6 Å². The Morgan fingerprint density at radius 1 is 1.03 bits per heavy atom. The number of aliphatic carboxylic acids is 1. The lowest BCUT2D eigenvalue weighted by Gasteiger charge is -2.24. The summed E-state index contributed by atoms with van der Waals surface area (Å²) in [7, 11) is -2.63. The van der Waals surface area contributed by atoms with Gasteiger partial charge in [-0.2, -0.15) is 0 Å². The summed E-state index contributed by atoms with van der Waals surface area (Å²) in [4.78, 5) is 38.9. The van der Waals surface area contributed by atoms with E-state index in [4.69, 9.17) is 14.3 Å². The molecular weight excluding hydrogens is 417 g/mol. The number of hydrogen-bond donors (Lipinski definition) is 6. The van der Waals surface area contributed by atoms with Crippen molar-refractivity contribution in [2.45, 2.75) is 40.2 Å². The standard InChI is InChI=1S/C18H24N3O8P/c1-10-17(25)14(12(8-22)3-19-10)5-21(7-16(23)24)6-15-13(9-29-30(27)28)4-20-11(2)18(15)26/h3-4,22,25-28H,5-9H2,1-2H3,(H,23,24). The van der Waals surface area contributed by atoms with Gasteiger partial charge in [0.05, 0.1) is 31.1 Å². The number of aryl methyl sites for hydroxylation is 2. The molecule has 0 radical (unpaired) electrons. The van der Waals surface area contributed by atoms with Crippen molar-refractivity contribution in [3.63, 3.8) is 0 Å². The summed E-state index contributed by atoms with van der Waals surface area (Å²) in [6, 6.07) is 0. The zero-order valence-electron chi connectivity index (χ0n) is 16.5. The number of nitrogens with zero attached hydrogens (tertiary/aromatic N) is 3. The number of aromatic hydroxyl groups is 2. The van der Waals surface area contributed by atoms with E-state index in [1.807, 2.05) is 0 Å². The van der Waals surface area contributed by atoms with E-state index in [1.54, 1.807) is 13.8 Å². The average Bonchev–Trinajstić information content (AvgIpc) is 2.68. The van der Waals surface area contributed by atoms with Crippen molar-refractivity contribution in [2.75, 3.05) is 6.54 Å². The molecule has 0 aliphatic carbocycles.